The Kier molecular flexibility index (Phi) is 4.73. The van der Waals surface area contributed by atoms with E-state index in [-0.39, 0.29) is 0 Å². The Morgan fingerprint density at radius 2 is 2.07 bits per heavy atom. The average Bonchev–Trinajstić information content (AvgIpc) is 2.22. The summed E-state index contributed by atoms with van der Waals surface area (Å²) in [7, 11) is 0. The van der Waals surface area contributed by atoms with E-state index in [0.29, 0.717) is 11.8 Å². The summed E-state index contributed by atoms with van der Waals surface area (Å²) >= 11 is 0. The summed E-state index contributed by atoms with van der Waals surface area (Å²) in [6.07, 6.45) is 6.88. The molecule has 2 N–H and O–H groups in total. The van der Waals surface area contributed by atoms with Crippen LogP contribution >= 0.6 is 0 Å². The number of rotatable bonds is 5. The van der Waals surface area contributed by atoms with Crippen LogP contribution in [-0.2, 0) is 6.42 Å². The van der Waals surface area contributed by atoms with E-state index in [1.165, 1.54) is 5.56 Å². The largest absolute Gasteiger partial charge is 0.508 e. The van der Waals surface area contributed by atoms with Crippen molar-refractivity contribution in [2.75, 3.05) is 6.54 Å². The molecule has 1 atom stereocenters. The van der Waals surface area contributed by atoms with Gasteiger partial charge < -0.3 is 10.4 Å². The highest BCUT2D eigenvalue weighted by Gasteiger charge is 2.01. The number of nitrogens with one attached hydrogen (secondary N) is 1. The van der Waals surface area contributed by atoms with Crippen LogP contribution in [0.4, 0.5) is 0 Å². The van der Waals surface area contributed by atoms with Gasteiger partial charge in [-0.05, 0) is 31.0 Å². The molecule has 15 heavy (non-hydrogen) atoms. The van der Waals surface area contributed by atoms with E-state index in [9.17, 15) is 0 Å². The number of aromatic hydroxyl groups is 1. The van der Waals surface area contributed by atoms with Gasteiger partial charge in [0.15, 0.2) is 0 Å². The standard InChI is InChI=1S/C13H17NO/c1-3-4-9-14-11(2)10-12-5-7-13(15)8-6-12/h1,5-8,11,14-15H,4,9-10H2,2H3. The van der Waals surface area contributed by atoms with Crippen molar-refractivity contribution in [2.45, 2.75) is 25.8 Å². The van der Waals surface area contributed by atoms with Crippen LogP contribution < -0.4 is 5.32 Å². The maximum atomic E-state index is 9.13. The molecule has 0 aliphatic heterocycles. The molecule has 0 spiro atoms. The van der Waals surface area contributed by atoms with Crippen LogP contribution in [0.1, 0.15) is 18.9 Å². The molecular formula is C13H17NO. The lowest BCUT2D eigenvalue weighted by molar-refractivity contribution is 0.474. The summed E-state index contributed by atoms with van der Waals surface area (Å²) in [5.41, 5.74) is 1.22. The monoisotopic (exact) mass is 203 g/mol. The quantitative estimate of drug-likeness (QED) is 0.566. The van der Waals surface area contributed by atoms with Crippen LogP contribution in [0.3, 0.4) is 0 Å². The van der Waals surface area contributed by atoms with Crippen molar-refractivity contribution >= 4 is 0 Å². The summed E-state index contributed by atoms with van der Waals surface area (Å²) in [5, 5.41) is 12.5. The molecule has 1 unspecified atom stereocenters. The molecular weight excluding hydrogens is 186 g/mol. The second-order valence-electron chi connectivity index (χ2n) is 3.68. The van der Waals surface area contributed by atoms with Gasteiger partial charge >= 0.3 is 0 Å². The molecule has 0 bridgehead atoms. The Morgan fingerprint density at radius 3 is 2.67 bits per heavy atom. The molecule has 0 radical (unpaired) electrons. The third-order valence-corrected chi connectivity index (χ3v) is 2.24. The second-order valence-corrected chi connectivity index (χ2v) is 3.68. The predicted octanol–water partition coefficient (Wildman–Crippen LogP) is 1.94. The van der Waals surface area contributed by atoms with Gasteiger partial charge in [0, 0.05) is 19.0 Å². The van der Waals surface area contributed by atoms with E-state index in [0.717, 1.165) is 19.4 Å². The maximum Gasteiger partial charge on any atom is 0.115 e. The summed E-state index contributed by atoms with van der Waals surface area (Å²) in [4.78, 5) is 0. The van der Waals surface area contributed by atoms with Gasteiger partial charge in [-0.15, -0.1) is 12.3 Å². The average molecular weight is 203 g/mol. The van der Waals surface area contributed by atoms with Gasteiger partial charge in [-0.2, -0.15) is 0 Å². The Labute approximate surface area is 91.3 Å². The first-order valence-corrected chi connectivity index (χ1v) is 5.17. The van der Waals surface area contributed by atoms with Crippen molar-refractivity contribution in [3.05, 3.63) is 29.8 Å². The van der Waals surface area contributed by atoms with Crippen LogP contribution in [0.25, 0.3) is 0 Å². The smallest absolute Gasteiger partial charge is 0.115 e. The summed E-state index contributed by atoms with van der Waals surface area (Å²) in [6, 6.07) is 7.71. The topological polar surface area (TPSA) is 32.3 Å². The van der Waals surface area contributed by atoms with Crippen LogP contribution in [0.5, 0.6) is 5.75 Å². The van der Waals surface area contributed by atoms with E-state index >= 15 is 0 Å². The molecule has 2 heteroatoms. The molecule has 0 aliphatic carbocycles. The zero-order valence-corrected chi connectivity index (χ0v) is 9.03. The predicted molar refractivity (Wildman–Crippen MR) is 62.7 cm³/mol. The molecule has 1 aromatic rings. The van der Waals surface area contributed by atoms with E-state index in [4.69, 9.17) is 11.5 Å². The second kappa shape index (κ2) is 6.10. The first kappa shape index (κ1) is 11.6. The van der Waals surface area contributed by atoms with Crippen LogP contribution in [0, 0.1) is 12.3 Å². The van der Waals surface area contributed by atoms with Gasteiger partial charge in [0.25, 0.3) is 0 Å². The molecule has 80 valence electrons. The van der Waals surface area contributed by atoms with Crippen LogP contribution in [0.2, 0.25) is 0 Å². The van der Waals surface area contributed by atoms with Crippen molar-refractivity contribution in [3.63, 3.8) is 0 Å². The molecule has 0 saturated carbocycles. The number of benzene rings is 1. The maximum absolute atomic E-state index is 9.13. The number of hydrogen-bond donors (Lipinski definition) is 2. The first-order chi connectivity index (χ1) is 7.22. The fourth-order valence-electron chi connectivity index (χ4n) is 1.45. The minimum Gasteiger partial charge on any atom is -0.508 e. The third kappa shape index (κ3) is 4.53. The number of phenolic OH excluding ortho intramolecular Hbond substituents is 1. The highest BCUT2D eigenvalue weighted by atomic mass is 16.3. The molecule has 1 rings (SSSR count). The van der Waals surface area contributed by atoms with E-state index in [1.54, 1.807) is 12.1 Å². The van der Waals surface area contributed by atoms with Gasteiger partial charge in [0.2, 0.25) is 0 Å². The van der Waals surface area contributed by atoms with Gasteiger partial charge in [-0.1, -0.05) is 12.1 Å². The minimum atomic E-state index is 0.312. The SMILES string of the molecule is C#CCCNC(C)Cc1ccc(O)cc1. The molecule has 0 amide bonds. The van der Waals surface area contributed by atoms with Crippen molar-refractivity contribution < 1.29 is 5.11 Å². The zero-order valence-electron chi connectivity index (χ0n) is 9.03. The Morgan fingerprint density at radius 1 is 1.40 bits per heavy atom. The fraction of sp³-hybridized carbons (Fsp3) is 0.385. The van der Waals surface area contributed by atoms with Crippen molar-refractivity contribution in [2.24, 2.45) is 0 Å². The van der Waals surface area contributed by atoms with Crippen molar-refractivity contribution in [3.8, 4) is 18.1 Å². The van der Waals surface area contributed by atoms with Gasteiger partial charge in [-0.25, -0.2) is 0 Å². The van der Waals surface area contributed by atoms with Crippen molar-refractivity contribution in [1.29, 1.82) is 0 Å². The molecule has 1 aromatic carbocycles. The summed E-state index contributed by atoms with van der Waals surface area (Å²) < 4.78 is 0. The molecule has 0 saturated heterocycles. The first-order valence-electron chi connectivity index (χ1n) is 5.17. The van der Waals surface area contributed by atoms with Crippen LogP contribution in [-0.4, -0.2) is 17.7 Å². The Bertz CT molecular complexity index is 323. The summed E-state index contributed by atoms with van der Waals surface area (Å²) in [6.45, 7) is 2.99. The minimum absolute atomic E-state index is 0.312. The lowest BCUT2D eigenvalue weighted by atomic mass is 10.1. The van der Waals surface area contributed by atoms with Crippen molar-refractivity contribution in [1.82, 2.24) is 5.32 Å². The number of terminal acetylenes is 1. The van der Waals surface area contributed by atoms with Gasteiger partial charge in [0.1, 0.15) is 5.75 Å². The molecule has 2 nitrogen and oxygen atoms in total. The lowest BCUT2D eigenvalue weighted by Crippen LogP contribution is -2.28. The highest BCUT2D eigenvalue weighted by Crippen LogP contribution is 2.11. The Balaban J connectivity index is 2.34. The lowest BCUT2D eigenvalue weighted by Gasteiger charge is -2.12. The highest BCUT2D eigenvalue weighted by molar-refractivity contribution is 5.26. The van der Waals surface area contributed by atoms with E-state index in [1.807, 2.05) is 12.1 Å². The van der Waals surface area contributed by atoms with E-state index < -0.39 is 0 Å². The van der Waals surface area contributed by atoms with Gasteiger partial charge in [-0.3, -0.25) is 0 Å². The fourth-order valence-corrected chi connectivity index (χ4v) is 1.45. The Hall–Kier alpha value is -1.46. The van der Waals surface area contributed by atoms with Crippen LogP contribution in [0.15, 0.2) is 24.3 Å². The molecule has 0 heterocycles. The molecule has 0 aromatic heterocycles. The zero-order chi connectivity index (χ0) is 11.1. The number of phenols is 1. The molecule has 0 aliphatic rings. The third-order valence-electron chi connectivity index (χ3n) is 2.24. The van der Waals surface area contributed by atoms with E-state index in [2.05, 4.69) is 18.2 Å². The normalized spacial score (nSPS) is 12.0. The number of hydrogen-bond acceptors (Lipinski definition) is 2. The summed E-state index contributed by atoms with van der Waals surface area (Å²) in [5.74, 6) is 2.91. The van der Waals surface area contributed by atoms with Gasteiger partial charge in [0.05, 0.1) is 0 Å². The molecule has 0 fully saturated rings.